The van der Waals surface area contributed by atoms with Gasteiger partial charge in [-0.1, -0.05) is 0 Å². The molecule has 1 saturated heterocycles. The van der Waals surface area contributed by atoms with Gasteiger partial charge < -0.3 is 5.32 Å². The van der Waals surface area contributed by atoms with Gasteiger partial charge in [0.1, 0.15) is 0 Å². The quantitative estimate of drug-likeness (QED) is 0.588. The molecule has 0 unspecified atom stereocenters. The number of halogens is 1. The summed E-state index contributed by atoms with van der Waals surface area (Å²) < 4.78 is 0. The monoisotopic (exact) mass is 147 g/mol. The van der Waals surface area contributed by atoms with E-state index in [-0.39, 0.29) is 5.24 Å². The molecule has 3 heteroatoms. The maximum absolute atomic E-state index is 10.3. The summed E-state index contributed by atoms with van der Waals surface area (Å²) in [5, 5.41) is 2.96. The van der Waals surface area contributed by atoms with Gasteiger partial charge in [-0.15, -0.1) is 0 Å². The molecule has 0 aromatic heterocycles. The summed E-state index contributed by atoms with van der Waals surface area (Å²) in [5.41, 5.74) is 0. The maximum atomic E-state index is 10.3. The van der Waals surface area contributed by atoms with Gasteiger partial charge in [0.2, 0.25) is 5.24 Å². The third kappa shape index (κ3) is 2.33. The molecule has 0 saturated carbocycles. The lowest BCUT2D eigenvalue weighted by molar-refractivity contribution is -0.112. The summed E-state index contributed by atoms with van der Waals surface area (Å²) in [6.07, 6.45) is 2.76. The smallest absolute Gasteiger partial charge is 0.223 e. The average molecular weight is 148 g/mol. The zero-order chi connectivity index (χ0) is 6.69. The zero-order valence-corrected chi connectivity index (χ0v) is 5.95. The third-order valence-corrected chi connectivity index (χ3v) is 1.72. The van der Waals surface area contributed by atoms with E-state index in [1.165, 1.54) is 6.42 Å². The van der Waals surface area contributed by atoms with Crippen molar-refractivity contribution in [2.24, 2.45) is 0 Å². The molecule has 9 heavy (non-hydrogen) atoms. The van der Waals surface area contributed by atoms with Crippen LogP contribution in [0.5, 0.6) is 0 Å². The first-order valence-electron chi connectivity index (χ1n) is 3.21. The number of hydrogen-bond donors (Lipinski definition) is 1. The molecule has 1 heterocycles. The molecule has 0 spiro atoms. The maximum Gasteiger partial charge on any atom is 0.223 e. The molecule has 0 aliphatic carbocycles. The molecule has 0 radical (unpaired) electrons. The normalized spacial score (nSPS) is 26.6. The molecule has 1 rings (SSSR count). The minimum atomic E-state index is -0.227. The SMILES string of the molecule is O=C(Cl)C[C@@H]1CCCN1. The molecule has 1 aliphatic rings. The Bertz CT molecular complexity index is 110. The van der Waals surface area contributed by atoms with E-state index in [0.29, 0.717) is 12.5 Å². The van der Waals surface area contributed by atoms with Crippen molar-refractivity contribution < 1.29 is 4.79 Å². The Balaban J connectivity index is 2.19. The first kappa shape index (κ1) is 7.03. The number of carbonyl (C=O) groups excluding carboxylic acids is 1. The summed E-state index contributed by atoms with van der Waals surface area (Å²) in [7, 11) is 0. The van der Waals surface area contributed by atoms with Crippen molar-refractivity contribution in [2.75, 3.05) is 6.54 Å². The van der Waals surface area contributed by atoms with Crippen LogP contribution < -0.4 is 5.32 Å². The van der Waals surface area contributed by atoms with Gasteiger partial charge >= 0.3 is 0 Å². The predicted molar refractivity (Wildman–Crippen MR) is 36.5 cm³/mol. The molecule has 1 atom stereocenters. The molecule has 1 aliphatic heterocycles. The summed E-state index contributed by atoms with van der Waals surface area (Å²) >= 11 is 5.18. The molecule has 2 nitrogen and oxygen atoms in total. The van der Waals surface area contributed by atoms with E-state index < -0.39 is 0 Å². The largest absolute Gasteiger partial charge is 0.313 e. The average Bonchev–Trinajstić information content (AvgIpc) is 2.15. The van der Waals surface area contributed by atoms with Crippen LogP contribution in [0, 0.1) is 0 Å². The molecule has 0 aromatic carbocycles. The third-order valence-electron chi connectivity index (χ3n) is 1.57. The fourth-order valence-corrected chi connectivity index (χ4v) is 1.31. The Kier molecular flexibility index (Phi) is 2.49. The van der Waals surface area contributed by atoms with Gasteiger partial charge in [0.25, 0.3) is 0 Å². The lowest BCUT2D eigenvalue weighted by atomic mass is 10.2. The molecule has 1 N–H and O–H groups in total. The highest BCUT2D eigenvalue weighted by Gasteiger charge is 2.15. The summed E-state index contributed by atoms with van der Waals surface area (Å²) in [4.78, 5) is 10.3. The zero-order valence-electron chi connectivity index (χ0n) is 5.19. The van der Waals surface area contributed by atoms with E-state index in [4.69, 9.17) is 11.6 Å². The van der Waals surface area contributed by atoms with Gasteiger partial charge in [-0.05, 0) is 31.0 Å². The van der Waals surface area contributed by atoms with Crippen LogP contribution in [0.25, 0.3) is 0 Å². The number of hydrogen-bond acceptors (Lipinski definition) is 2. The Morgan fingerprint density at radius 3 is 3.00 bits per heavy atom. The van der Waals surface area contributed by atoms with Crippen molar-refractivity contribution in [3.8, 4) is 0 Å². The van der Waals surface area contributed by atoms with E-state index in [2.05, 4.69) is 5.32 Å². The van der Waals surface area contributed by atoms with Crippen molar-refractivity contribution in [3.63, 3.8) is 0 Å². The Morgan fingerprint density at radius 1 is 1.78 bits per heavy atom. The second kappa shape index (κ2) is 3.18. The number of nitrogens with one attached hydrogen (secondary N) is 1. The van der Waals surface area contributed by atoms with Gasteiger partial charge in [0.05, 0.1) is 0 Å². The lowest BCUT2D eigenvalue weighted by Crippen LogP contribution is -2.22. The Labute approximate surface area is 59.6 Å². The van der Waals surface area contributed by atoms with Crippen LogP contribution >= 0.6 is 11.6 Å². The molecular formula is C6H10ClNO. The highest BCUT2D eigenvalue weighted by molar-refractivity contribution is 6.63. The minimum Gasteiger partial charge on any atom is -0.313 e. The van der Waals surface area contributed by atoms with E-state index in [0.717, 1.165) is 13.0 Å². The fraction of sp³-hybridized carbons (Fsp3) is 0.833. The number of carbonyl (C=O) groups is 1. The van der Waals surface area contributed by atoms with E-state index >= 15 is 0 Å². The van der Waals surface area contributed by atoms with Gasteiger partial charge in [-0.3, -0.25) is 4.79 Å². The Hall–Kier alpha value is -0.0800. The van der Waals surface area contributed by atoms with Crippen molar-refractivity contribution in [1.82, 2.24) is 5.32 Å². The van der Waals surface area contributed by atoms with E-state index in [1.54, 1.807) is 0 Å². The molecule has 0 aromatic rings. The van der Waals surface area contributed by atoms with Crippen LogP contribution in [0.1, 0.15) is 19.3 Å². The second-order valence-electron chi connectivity index (χ2n) is 2.35. The molecule has 52 valence electrons. The second-order valence-corrected chi connectivity index (χ2v) is 2.77. The summed E-state index contributed by atoms with van der Waals surface area (Å²) in [6.45, 7) is 1.04. The lowest BCUT2D eigenvalue weighted by Gasteiger charge is -2.03. The highest BCUT2D eigenvalue weighted by Crippen LogP contribution is 2.09. The van der Waals surface area contributed by atoms with Crippen LogP contribution in [-0.2, 0) is 4.79 Å². The van der Waals surface area contributed by atoms with Crippen molar-refractivity contribution in [3.05, 3.63) is 0 Å². The van der Waals surface area contributed by atoms with Crippen LogP contribution in [0.15, 0.2) is 0 Å². The molecule has 1 fully saturated rings. The predicted octanol–water partition coefficient (Wildman–Crippen LogP) is 0.894. The first-order valence-corrected chi connectivity index (χ1v) is 3.58. The first-order chi connectivity index (χ1) is 4.29. The molecular weight excluding hydrogens is 138 g/mol. The molecule has 0 amide bonds. The van der Waals surface area contributed by atoms with Crippen molar-refractivity contribution in [1.29, 1.82) is 0 Å². The van der Waals surface area contributed by atoms with Gasteiger partial charge in [-0.25, -0.2) is 0 Å². The molecule has 0 bridgehead atoms. The van der Waals surface area contributed by atoms with Gasteiger partial charge in [0.15, 0.2) is 0 Å². The summed E-state index contributed by atoms with van der Waals surface area (Å²) in [6, 6.07) is 0.356. The van der Waals surface area contributed by atoms with Crippen LogP contribution in [-0.4, -0.2) is 17.8 Å². The van der Waals surface area contributed by atoms with Crippen molar-refractivity contribution >= 4 is 16.8 Å². The Morgan fingerprint density at radius 2 is 2.56 bits per heavy atom. The van der Waals surface area contributed by atoms with E-state index in [9.17, 15) is 4.79 Å². The summed E-state index contributed by atoms with van der Waals surface area (Å²) in [5.74, 6) is 0. The minimum absolute atomic E-state index is 0.227. The van der Waals surface area contributed by atoms with Crippen LogP contribution in [0.3, 0.4) is 0 Å². The van der Waals surface area contributed by atoms with Gasteiger partial charge in [-0.2, -0.15) is 0 Å². The van der Waals surface area contributed by atoms with E-state index in [1.807, 2.05) is 0 Å². The topological polar surface area (TPSA) is 29.1 Å². The standard InChI is InChI=1S/C6H10ClNO/c7-6(9)4-5-2-1-3-8-5/h5,8H,1-4H2/t5-/m0/s1. The highest BCUT2D eigenvalue weighted by atomic mass is 35.5. The van der Waals surface area contributed by atoms with Crippen LogP contribution in [0.4, 0.5) is 0 Å². The fourth-order valence-electron chi connectivity index (χ4n) is 1.12. The number of rotatable bonds is 2. The van der Waals surface area contributed by atoms with Crippen LogP contribution in [0.2, 0.25) is 0 Å². The van der Waals surface area contributed by atoms with Gasteiger partial charge in [0, 0.05) is 12.5 Å². The van der Waals surface area contributed by atoms with Crippen molar-refractivity contribution in [2.45, 2.75) is 25.3 Å².